The molecular formula is C20H30O6. The zero-order valence-electron chi connectivity index (χ0n) is 15.9. The first kappa shape index (κ1) is 23.8. The lowest BCUT2D eigenvalue weighted by molar-refractivity contribution is -0.158. The average Bonchev–Trinajstić information content (AvgIpc) is 2.56. The quantitative estimate of drug-likeness (QED) is 0.210. The number of ether oxygens (including phenoxy) is 2. The first-order valence-electron chi connectivity index (χ1n) is 9.05. The Bertz CT molecular complexity index is 484. The van der Waals surface area contributed by atoms with Gasteiger partial charge in [0, 0.05) is 24.0 Å². The lowest BCUT2D eigenvalue weighted by Gasteiger charge is -2.04. The molecule has 6 heteroatoms. The van der Waals surface area contributed by atoms with Crippen LogP contribution in [-0.2, 0) is 28.7 Å². The maximum atomic E-state index is 11.4. The average molecular weight is 366 g/mol. The Kier molecular flexibility index (Phi) is 12.8. The Morgan fingerprint density at radius 2 is 0.846 bits per heavy atom. The van der Waals surface area contributed by atoms with Gasteiger partial charge in [0.25, 0.3) is 0 Å². The minimum atomic E-state index is -0.664. The summed E-state index contributed by atoms with van der Waals surface area (Å²) in [5.41, 5.74) is 0.433. The Hall–Kier alpha value is -2.24. The molecule has 0 radical (unpaired) electrons. The van der Waals surface area contributed by atoms with Crippen LogP contribution in [0.25, 0.3) is 0 Å². The van der Waals surface area contributed by atoms with Crippen molar-refractivity contribution in [3.63, 3.8) is 0 Å². The summed E-state index contributed by atoms with van der Waals surface area (Å²) in [4.78, 5) is 45.0. The molecule has 0 saturated carbocycles. The molecule has 0 spiro atoms. The molecule has 0 fully saturated rings. The van der Waals surface area contributed by atoms with E-state index in [9.17, 15) is 19.2 Å². The molecule has 0 bridgehead atoms. The molecule has 0 aliphatic carbocycles. The third-order valence-electron chi connectivity index (χ3n) is 3.62. The van der Waals surface area contributed by atoms with Gasteiger partial charge in [-0.1, -0.05) is 51.7 Å². The van der Waals surface area contributed by atoms with Crippen LogP contribution in [0.5, 0.6) is 0 Å². The standard InChI is InChI=1S/C20H30O6/c1-15(2)19(23)25-17(21)13-11-9-7-5-6-8-10-12-14-18(22)26-20(24)16(3)4/h1,3,5-14H2,2,4H3. The third kappa shape index (κ3) is 13.1. The van der Waals surface area contributed by atoms with Crippen LogP contribution in [0.15, 0.2) is 24.3 Å². The van der Waals surface area contributed by atoms with Crippen molar-refractivity contribution in [2.45, 2.75) is 78.1 Å². The molecule has 0 aromatic carbocycles. The van der Waals surface area contributed by atoms with Gasteiger partial charge in [-0.05, 0) is 26.7 Å². The Morgan fingerprint density at radius 3 is 1.12 bits per heavy atom. The number of carbonyl (C=O) groups is 4. The Balaban J connectivity index is 3.46. The minimum absolute atomic E-state index is 0.217. The maximum absolute atomic E-state index is 11.4. The molecule has 0 saturated heterocycles. The largest absolute Gasteiger partial charge is 0.390 e. The van der Waals surface area contributed by atoms with Crippen molar-refractivity contribution in [2.24, 2.45) is 0 Å². The van der Waals surface area contributed by atoms with Crippen molar-refractivity contribution >= 4 is 23.9 Å². The zero-order chi connectivity index (χ0) is 19.9. The van der Waals surface area contributed by atoms with Gasteiger partial charge in [0.2, 0.25) is 0 Å². The van der Waals surface area contributed by atoms with Gasteiger partial charge in [0.05, 0.1) is 0 Å². The van der Waals surface area contributed by atoms with E-state index < -0.39 is 23.9 Å². The Morgan fingerprint density at radius 1 is 0.577 bits per heavy atom. The lowest BCUT2D eigenvalue weighted by atomic mass is 10.1. The van der Waals surface area contributed by atoms with Gasteiger partial charge in [-0.25, -0.2) is 9.59 Å². The molecule has 26 heavy (non-hydrogen) atoms. The van der Waals surface area contributed by atoms with E-state index in [-0.39, 0.29) is 24.0 Å². The highest BCUT2D eigenvalue weighted by molar-refractivity contribution is 5.95. The van der Waals surface area contributed by atoms with Crippen molar-refractivity contribution in [1.82, 2.24) is 0 Å². The van der Waals surface area contributed by atoms with Crippen molar-refractivity contribution in [3.05, 3.63) is 24.3 Å². The summed E-state index contributed by atoms with van der Waals surface area (Å²) in [6.07, 6.45) is 7.83. The van der Waals surface area contributed by atoms with E-state index in [0.717, 1.165) is 38.5 Å². The number of hydrogen-bond donors (Lipinski definition) is 0. The van der Waals surface area contributed by atoms with E-state index in [0.29, 0.717) is 12.8 Å². The fourth-order valence-electron chi connectivity index (χ4n) is 2.08. The number of unbranched alkanes of at least 4 members (excludes halogenated alkanes) is 7. The van der Waals surface area contributed by atoms with Gasteiger partial charge in [0.1, 0.15) is 0 Å². The van der Waals surface area contributed by atoms with Crippen LogP contribution in [0.4, 0.5) is 0 Å². The molecule has 0 aromatic heterocycles. The second-order valence-electron chi connectivity index (χ2n) is 6.41. The summed E-state index contributed by atoms with van der Waals surface area (Å²) >= 11 is 0. The topological polar surface area (TPSA) is 86.7 Å². The smallest absolute Gasteiger partial charge is 0.340 e. The zero-order valence-corrected chi connectivity index (χ0v) is 15.9. The van der Waals surface area contributed by atoms with Gasteiger partial charge < -0.3 is 9.47 Å². The van der Waals surface area contributed by atoms with Crippen molar-refractivity contribution in [1.29, 1.82) is 0 Å². The Labute approximate surface area is 155 Å². The van der Waals surface area contributed by atoms with Crippen LogP contribution in [0.3, 0.4) is 0 Å². The molecule has 0 rings (SSSR count). The second-order valence-corrected chi connectivity index (χ2v) is 6.41. The van der Waals surface area contributed by atoms with Gasteiger partial charge >= 0.3 is 23.9 Å². The van der Waals surface area contributed by atoms with E-state index >= 15 is 0 Å². The van der Waals surface area contributed by atoms with Crippen LogP contribution in [0, 0.1) is 0 Å². The molecule has 0 aromatic rings. The SMILES string of the molecule is C=C(C)C(=O)OC(=O)CCCCCCCCCCC(=O)OC(=O)C(=C)C. The molecular weight excluding hydrogens is 336 g/mol. The van der Waals surface area contributed by atoms with Gasteiger partial charge in [0.15, 0.2) is 0 Å². The molecule has 6 nitrogen and oxygen atoms in total. The van der Waals surface area contributed by atoms with Crippen molar-refractivity contribution in [3.8, 4) is 0 Å². The first-order valence-corrected chi connectivity index (χ1v) is 9.05. The third-order valence-corrected chi connectivity index (χ3v) is 3.62. The molecule has 0 atom stereocenters. The normalized spacial score (nSPS) is 10.1. The first-order chi connectivity index (χ1) is 12.2. The van der Waals surface area contributed by atoms with Gasteiger partial charge in [-0.15, -0.1) is 0 Å². The predicted molar refractivity (Wildman–Crippen MR) is 98.0 cm³/mol. The van der Waals surface area contributed by atoms with Gasteiger partial charge in [-0.2, -0.15) is 0 Å². The lowest BCUT2D eigenvalue weighted by Crippen LogP contribution is -2.12. The number of carbonyl (C=O) groups excluding carboxylic acids is 4. The van der Waals surface area contributed by atoms with E-state index in [1.165, 1.54) is 13.8 Å². The molecule has 0 unspecified atom stereocenters. The molecule has 0 N–H and O–H groups in total. The molecule has 0 amide bonds. The highest BCUT2D eigenvalue weighted by Gasteiger charge is 2.11. The molecule has 0 aliphatic heterocycles. The number of esters is 4. The summed E-state index contributed by atoms with van der Waals surface area (Å²) < 4.78 is 9.20. The summed E-state index contributed by atoms with van der Waals surface area (Å²) in [6, 6.07) is 0. The maximum Gasteiger partial charge on any atom is 0.340 e. The van der Waals surface area contributed by atoms with Crippen LogP contribution < -0.4 is 0 Å². The summed E-state index contributed by atoms with van der Waals surface area (Å²) in [6.45, 7) is 9.84. The van der Waals surface area contributed by atoms with E-state index in [4.69, 9.17) is 0 Å². The van der Waals surface area contributed by atoms with Crippen LogP contribution in [0.2, 0.25) is 0 Å². The fraction of sp³-hybridized carbons (Fsp3) is 0.600. The summed E-state index contributed by atoms with van der Waals surface area (Å²) in [5, 5.41) is 0. The van der Waals surface area contributed by atoms with Crippen LogP contribution in [-0.4, -0.2) is 23.9 Å². The second kappa shape index (κ2) is 14.0. The molecule has 146 valence electrons. The van der Waals surface area contributed by atoms with Gasteiger partial charge in [-0.3, -0.25) is 9.59 Å². The van der Waals surface area contributed by atoms with Crippen molar-refractivity contribution < 1.29 is 28.7 Å². The highest BCUT2D eigenvalue weighted by atomic mass is 16.6. The summed E-state index contributed by atoms with van der Waals surface area (Å²) in [7, 11) is 0. The fourth-order valence-corrected chi connectivity index (χ4v) is 2.08. The monoisotopic (exact) mass is 366 g/mol. The minimum Gasteiger partial charge on any atom is -0.390 e. The van der Waals surface area contributed by atoms with Crippen LogP contribution in [0.1, 0.15) is 78.1 Å². The molecule has 0 aliphatic rings. The molecule has 0 heterocycles. The van der Waals surface area contributed by atoms with E-state index in [1.54, 1.807) is 0 Å². The van der Waals surface area contributed by atoms with E-state index in [1.807, 2.05) is 0 Å². The number of rotatable bonds is 13. The van der Waals surface area contributed by atoms with E-state index in [2.05, 4.69) is 22.6 Å². The highest BCUT2D eigenvalue weighted by Crippen LogP contribution is 2.11. The predicted octanol–water partition coefficient (Wildman–Crippen LogP) is 4.18. The number of hydrogen-bond acceptors (Lipinski definition) is 6. The van der Waals surface area contributed by atoms with Crippen LogP contribution >= 0.6 is 0 Å². The summed E-state index contributed by atoms with van der Waals surface area (Å²) in [5.74, 6) is -2.34. The van der Waals surface area contributed by atoms with Crippen molar-refractivity contribution in [2.75, 3.05) is 0 Å².